The number of hydrogen-bond donors (Lipinski definition) is 1. The monoisotopic (exact) mass is 397 g/mol. The first kappa shape index (κ1) is 19.9. The summed E-state index contributed by atoms with van der Waals surface area (Å²) in [5.41, 5.74) is 0.882. The van der Waals surface area contributed by atoms with Gasteiger partial charge < -0.3 is 23.9 Å². The van der Waals surface area contributed by atoms with Crippen LogP contribution in [0.1, 0.15) is 22.8 Å². The van der Waals surface area contributed by atoms with Crippen molar-refractivity contribution in [3.05, 3.63) is 64.0 Å². The van der Waals surface area contributed by atoms with E-state index in [4.69, 9.17) is 18.6 Å². The van der Waals surface area contributed by atoms with Crippen LogP contribution in [0.3, 0.4) is 0 Å². The quantitative estimate of drug-likeness (QED) is 0.503. The summed E-state index contributed by atoms with van der Waals surface area (Å²) >= 11 is 0. The highest BCUT2D eigenvalue weighted by Gasteiger charge is 2.16. The fourth-order valence-electron chi connectivity index (χ4n) is 2.82. The summed E-state index contributed by atoms with van der Waals surface area (Å²) in [6.07, 6.45) is 0. The van der Waals surface area contributed by atoms with Gasteiger partial charge in [0.2, 0.25) is 5.91 Å². The first-order valence-electron chi connectivity index (χ1n) is 8.65. The van der Waals surface area contributed by atoms with Crippen LogP contribution in [0, 0.1) is 0 Å². The van der Waals surface area contributed by atoms with E-state index in [1.54, 1.807) is 24.3 Å². The molecule has 0 saturated carbocycles. The molecule has 3 aromatic rings. The Balaban J connectivity index is 1.86. The molecule has 29 heavy (non-hydrogen) atoms. The van der Waals surface area contributed by atoms with E-state index >= 15 is 0 Å². The minimum absolute atomic E-state index is 0.143. The molecule has 2 aromatic carbocycles. The van der Waals surface area contributed by atoms with E-state index in [-0.39, 0.29) is 23.7 Å². The topological polar surface area (TPSA) is 104 Å². The number of carbonyl (C=O) groups excluding carboxylic acids is 2. The van der Waals surface area contributed by atoms with Gasteiger partial charge in [-0.1, -0.05) is 0 Å². The maximum absolute atomic E-state index is 12.5. The van der Waals surface area contributed by atoms with E-state index in [0.29, 0.717) is 28.1 Å². The van der Waals surface area contributed by atoms with Gasteiger partial charge in [-0.25, -0.2) is 9.59 Å². The van der Waals surface area contributed by atoms with E-state index in [1.165, 1.54) is 39.3 Å². The van der Waals surface area contributed by atoms with E-state index in [1.807, 2.05) is 0 Å². The van der Waals surface area contributed by atoms with Crippen molar-refractivity contribution in [1.82, 2.24) is 0 Å². The van der Waals surface area contributed by atoms with Crippen molar-refractivity contribution in [2.45, 2.75) is 13.5 Å². The van der Waals surface area contributed by atoms with Crippen LogP contribution in [0.2, 0.25) is 0 Å². The molecule has 0 atom stereocenters. The number of benzene rings is 2. The number of hydrogen-bond acceptors (Lipinski definition) is 7. The molecule has 8 nitrogen and oxygen atoms in total. The minimum atomic E-state index is -0.610. The molecule has 0 saturated heterocycles. The number of anilines is 1. The number of nitrogens with one attached hydrogen (secondary N) is 1. The van der Waals surface area contributed by atoms with Crippen LogP contribution < -0.4 is 20.4 Å². The first-order chi connectivity index (χ1) is 13.9. The van der Waals surface area contributed by atoms with Crippen molar-refractivity contribution < 1.29 is 28.2 Å². The highest BCUT2D eigenvalue weighted by molar-refractivity contribution is 5.94. The number of fused-ring (bicyclic) bond motifs is 1. The van der Waals surface area contributed by atoms with Gasteiger partial charge in [-0.3, -0.25) is 4.79 Å². The van der Waals surface area contributed by atoms with E-state index < -0.39 is 11.6 Å². The number of rotatable bonds is 6. The zero-order valence-corrected chi connectivity index (χ0v) is 16.1. The Morgan fingerprint density at radius 2 is 1.83 bits per heavy atom. The van der Waals surface area contributed by atoms with Crippen LogP contribution in [0.4, 0.5) is 5.69 Å². The summed E-state index contributed by atoms with van der Waals surface area (Å²) < 4.78 is 20.9. The number of methoxy groups -OCH3 is 2. The molecule has 1 aromatic heterocycles. The molecule has 0 bridgehead atoms. The van der Waals surface area contributed by atoms with Crippen LogP contribution in [0.5, 0.6) is 11.5 Å². The van der Waals surface area contributed by atoms with Gasteiger partial charge >= 0.3 is 11.6 Å². The molecule has 1 amide bonds. The minimum Gasteiger partial charge on any atom is -0.497 e. The van der Waals surface area contributed by atoms with Gasteiger partial charge in [0.1, 0.15) is 29.3 Å². The Bertz CT molecular complexity index is 1130. The molecule has 0 fully saturated rings. The maximum Gasteiger partial charge on any atom is 0.342 e. The molecule has 3 rings (SSSR count). The van der Waals surface area contributed by atoms with E-state index in [0.717, 1.165) is 0 Å². The van der Waals surface area contributed by atoms with Crippen LogP contribution in [0.25, 0.3) is 11.0 Å². The second-order valence-corrected chi connectivity index (χ2v) is 6.13. The van der Waals surface area contributed by atoms with Gasteiger partial charge in [0.15, 0.2) is 0 Å². The summed E-state index contributed by atoms with van der Waals surface area (Å²) in [5.74, 6) is -0.00208. The molecule has 1 heterocycles. The molecule has 8 heteroatoms. The van der Waals surface area contributed by atoms with Crippen molar-refractivity contribution in [3.63, 3.8) is 0 Å². The van der Waals surface area contributed by atoms with Crippen molar-refractivity contribution in [2.75, 3.05) is 19.5 Å². The van der Waals surface area contributed by atoms with Crippen LogP contribution in [-0.4, -0.2) is 26.1 Å². The van der Waals surface area contributed by atoms with Crippen LogP contribution in [0.15, 0.2) is 51.7 Å². The third-order valence-electron chi connectivity index (χ3n) is 4.14. The van der Waals surface area contributed by atoms with Crippen molar-refractivity contribution >= 4 is 28.5 Å². The highest BCUT2D eigenvalue weighted by atomic mass is 16.5. The molecule has 0 aliphatic heterocycles. The second kappa shape index (κ2) is 8.47. The average Bonchev–Trinajstić information content (AvgIpc) is 2.70. The maximum atomic E-state index is 12.5. The van der Waals surface area contributed by atoms with Gasteiger partial charge in [0, 0.05) is 41.8 Å². The third-order valence-corrected chi connectivity index (χ3v) is 4.14. The number of amides is 1. The molecule has 0 spiro atoms. The molecule has 0 unspecified atom stereocenters. The van der Waals surface area contributed by atoms with Gasteiger partial charge in [0.05, 0.1) is 14.2 Å². The van der Waals surface area contributed by atoms with E-state index in [2.05, 4.69) is 5.32 Å². The lowest BCUT2D eigenvalue weighted by atomic mass is 10.1. The Morgan fingerprint density at radius 3 is 2.52 bits per heavy atom. The normalized spacial score (nSPS) is 10.4. The average molecular weight is 397 g/mol. The van der Waals surface area contributed by atoms with Crippen molar-refractivity contribution in [2.24, 2.45) is 0 Å². The Kier molecular flexibility index (Phi) is 5.82. The molecular formula is C21H19NO7. The standard InChI is InChI=1S/C21H19NO7/c1-12(23)22-14-4-6-16-13(8-20(24)29-19(16)9-14)11-28-21(25)17-7-5-15(26-2)10-18(17)27-3/h4-10H,11H2,1-3H3,(H,22,23). The fourth-order valence-corrected chi connectivity index (χ4v) is 2.82. The van der Waals surface area contributed by atoms with E-state index in [9.17, 15) is 14.4 Å². The lowest BCUT2D eigenvalue weighted by Crippen LogP contribution is -2.10. The summed E-state index contributed by atoms with van der Waals surface area (Å²) in [6, 6.07) is 10.9. The zero-order valence-electron chi connectivity index (χ0n) is 16.1. The van der Waals surface area contributed by atoms with Crippen molar-refractivity contribution in [1.29, 1.82) is 0 Å². The first-order valence-corrected chi connectivity index (χ1v) is 8.65. The smallest absolute Gasteiger partial charge is 0.342 e. The molecule has 1 N–H and O–H groups in total. The predicted molar refractivity (Wildman–Crippen MR) is 105 cm³/mol. The summed E-state index contributed by atoms with van der Waals surface area (Å²) in [4.78, 5) is 35.6. The Hall–Kier alpha value is -3.81. The molecule has 0 radical (unpaired) electrons. The summed E-state index contributed by atoms with van der Waals surface area (Å²) in [5, 5.41) is 3.21. The summed E-state index contributed by atoms with van der Waals surface area (Å²) in [7, 11) is 2.95. The third kappa shape index (κ3) is 4.55. The SMILES string of the molecule is COc1ccc(C(=O)OCc2cc(=O)oc3cc(NC(C)=O)ccc23)c(OC)c1. The van der Waals surface area contributed by atoms with Gasteiger partial charge in [-0.05, 0) is 24.3 Å². The largest absolute Gasteiger partial charge is 0.497 e. The lowest BCUT2D eigenvalue weighted by Gasteiger charge is -2.11. The molecular weight excluding hydrogens is 378 g/mol. The second-order valence-electron chi connectivity index (χ2n) is 6.13. The number of ether oxygens (including phenoxy) is 3. The highest BCUT2D eigenvalue weighted by Crippen LogP contribution is 2.26. The fraction of sp³-hybridized carbons (Fsp3) is 0.190. The number of esters is 1. The van der Waals surface area contributed by atoms with Crippen molar-refractivity contribution in [3.8, 4) is 11.5 Å². The molecule has 150 valence electrons. The van der Waals surface area contributed by atoms with Gasteiger partial charge in [-0.15, -0.1) is 0 Å². The molecule has 0 aliphatic carbocycles. The van der Waals surface area contributed by atoms with Gasteiger partial charge in [-0.2, -0.15) is 0 Å². The van der Waals surface area contributed by atoms with Crippen LogP contribution >= 0.6 is 0 Å². The molecule has 0 aliphatic rings. The predicted octanol–water partition coefficient (Wildman–Crippen LogP) is 3.13. The zero-order chi connectivity index (χ0) is 21.0. The Labute approximate surface area is 166 Å². The summed E-state index contributed by atoms with van der Waals surface area (Å²) in [6.45, 7) is 1.24. The Morgan fingerprint density at radius 1 is 1.03 bits per heavy atom. The van der Waals surface area contributed by atoms with Gasteiger partial charge in [0.25, 0.3) is 0 Å². The van der Waals surface area contributed by atoms with Crippen LogP contribution in [-0.2, 0) is 16.1 Å². The lowest BCUT2D eigenvalue weighted by molar-refractivity contribution is -0.114. The number of carbonyl (C=O) groups is 2.